The first-order valence-corrected chi connectivity index (χ1v) is 18.6. The van der Waals surface area contributed by atoms with Gasteiger partial charge in [-0.05, 0) is 78.1 Å². The van der Waals surface area contributed by atoms with Gasteiger partial charge in [0.2, 0.25) is 0 Å². The van der Waals surface area contributed by atoms with Crippen molar-refractivity contribution in [3.05, 3.63) is 199 Å². The number of nitrogens with zero attached hydrogens (tertiary/aromatic N) is 3. The van der Waals surface area contributed by atoms with Crippen LogP contribution in [0.2, 0.25) is 0 Å². The Kier molecular flexibility index (Phi) is 7.48. The van der Waals surface area contributed by atoms with Gasteiger partial charge in [0.15, 0.2) is 0 Å². The number of para-hydroxylation sites is 1. The first kappa shape index (κ1) is 31.9. The summed E-state index contributed by atoms with van der Waals surface area (Å²) in [5.41, 5.74) is 16.6. The summed E-state index contributed by atoms with van der Waals surface area (Å²) in [6.45, 7) is 4.63. The minimum atomic E-state index is -0.292. The number of hydrogen-bond donors (Lipinski definition) is 0. The molecule has 0 fully saturated rings. The highest BCUT2D eigenvalue weighted by Crippen LogP contribution is 2.48. The van der Waals surface area contributed by atoms with E-state index in [-0.39, 0.29) is 5.41 Å². The lowest BCUT2D eigenvalue weighted by Gasteiger charge is -2.24. The topological polar surface area (TPSA) is 30.2 Å². The van der Waals surface area contributed by atoms with Crippen LogP contribution in [0.25, 0.3) is 72.3 Å². The first-order valence-electron chi connectivity index (χ1n) is 18.6. The summed E-state index contributed by atoms with van der Waals surface area (Å²) >= 11 is 0. The molecule has 256 valence electrons. The highest BCUT2D eigenvalue weighted by atomic mass is 15.0. The van der Waals surface area contributed by atoms with E-state index in [1.807, 2.05) is 0 Å². The molecule has 7 aromatic carbocycles. The van der Waals surface area contributed by atoms with Gasteiger partial charge in [0.05, 0.1) is 33.8 Å². The summed E-state index contributed by atoms with van der Waals surface area (Å²) in [6, 6.07) is 67.0. The fraction of sp³-hybridized carbons (Fsp3) is 0.0588. The van der Waals surface area contributed by atoms with Crippen molar-refractivity contribution in [1.82, 2.24) is 9.55 Å². The average Bonchev–Trinajstić information content (AvgIpc) is 3.72. The summed E-state index contributed by atoms with van der Waals surface area (Å²) in [4.78, 5) is 10.5. The Morgan fingerprint density at radius 1 is 0.426 bits per heavy atom. The molecule has 1 aliphatic rings. The molecule has 3 heterocycles. The van der Waals surface area contributed by atoms with Crippen molar-refractivity contribution in [3.63, 3.8) is 0 Å². The number of aromatic nitrogens is 2. The van der Waals surface area contributed by atoms with Crippen molar-refractivity contribution >= 4 is 33.2 Å². The molecular weight excluding hydrogens is 655 g/mol. The van der Waals surface area contributed by atoms with Crippen LogP contribution in [0.3, 0.4) is 0 Å². The third kappa shape index (κ3) is 5.28. The summed E-state index contributed by atoms with van der Waals surface area (Å²) in [5.74, 6) is 0. The Labute approximate surface area is 315 Å². The molecule has 54 heavy (non-hydrogen) atoms. The quantitative estimate of drug-likeness (QED) is 0.171. The van der Waals surface area contributed by atoms with E-state index in [0.29, 0.717) is 0 Å². The van der Waals surface area contributed by atoms with Crippen molar-refractivity contribution in [3.8, 4) is 50.5 Å². The van der Waals surface area contributed by atoms with Gasteiger partial charge in [-0.25, -0.2) is 4.98 Å². The van der Waals surface area contributed by atoms with Gasteiger partial charge in [0.25, 0.3) is 0 Å². The summed E-state index contributed by atoms with van der Waals surface area (Å²) in [5, 5.41) is 2.48. The Bertz CT molecular complexity index is 2850. The summed E-state index contributed by atoms with van der Waals surface area (Å²) in [6.07, 6.45) is 0. The molecule has 0 amide bonds. The summed E-state index contributed by atoms with van der Waals surface area (Å²) in [7, 11) is 0. The number of benzene rings is 7. The fourth-order valence-electron chi connectivity index (χ4n) is 8.29. The van der Waals surface area contributed by atoms with Crippen molar-refractivity contribution in [2.75, 3.05) is 0 Å². The molecule has 3 nitrogen and oxygen atoms in total. The van der Waals surface area contributed by atoms with E-state index in [9.17, 15) is 0 Å². The molecule has 0 radical (unpaired) electrons. The number of hydrogen-bond acceptors (Lipinski definition) is 2. The van der Waals surface area contributed by atoms with E-state index >= 15 is 0 Å². The Hall–Kier alpha value is -6.84. The monoisotopic (exact) mass is 691 g/mol. The smallest absolute Gasteiger partial charge is 0.0715 e. The molecule has 3 heteroatoms. The molecule has 0 bridgehead atoms. The minimum absolute atomic E-state index is 0.292. The van der Waals surface area contributed by atoms with Gasteiger partial charge in [-0.15, -0.1) is 0 Å². The zero-order valence-corrected chi connectivity index (χ0v) is 30.2. The molecule has 0 unspecified atom stereocenters. The van der Waals surface area contributed by atoms with E-state index in [2.05, 4.69) is 206 Å². The first-order chi connectivity index (χ1) is 26.5. The number of fused-ring (bicyclic) bond motifs is 5. The lowest BCUT2D eigenvalue weighted by atomic mass is 9.78. The van der Waals surface area contributed by atoms with E-state index in [4.69, 9.17) is 9.98 Å². The van der Waals surface area contributed by atoms with Gasteiger partial charge in [0, 0.05) is 38.6 Å². The Morgan fingerprint density at radius 3 is 1.57 bits per heavy atom. The molecule has 0 saturated heterocycles. The van der Waals surface area contributed by atoms with Crippen LogP contribution in [0.5, 0.6) is 0 Å². The van der Waals surface area contributed by atoms with Gasteiger partial charge in [-0.2, -0.15) is 0 Å². The molecule has 0 saturated carbocycles. The Morgan fingerprint density at radius 2 is 0.926 bits per heavy atom. The number of rotatable bonds is 6. The van der Waals surface area contributed by atoms with E-state index < -0.39 is 0 Å². The van der Waals surface area contributed by atoms with Crippen molar-refractivity contribution in [2.24, 2.45) is 4.99 Å². The van der Waals surface area contributed by atoms with Crippen LogP contribution >= 0.6 is 0 Å². The summed E-state index contributed by atoms with van der Waals surface area (Å²) < 4.78 is 2.44. The lowest BCUT2D eigenvalue weighted by molar-refractivity contribution is 0.741. The maximum absolute atomic E-state index is 5.27. The fourth-order valence-corrected chi connectivity index (χ4v) is 8.29. The average molecular weight is 692 g/mol. The molecule has 0 atom stereocenters. The van der Waals surface area contributed by atoms with Crippen LogP contribution in [0, 0.1) is 0 Å². The van der Waals surface area contributed by atoms with Crippen LogP contribution in [-0.4, -0.2) is 15.3 Å². The lowest BCUT2D eigenvalue weighted by Crippen LogP contribution is -2.27. The Balaban J connectivity index is 1.09. The molecule has 0 aliphatic carbocycles. The third-order valence-electron chi connectivity index (χ3n) is 11.0. The molecule has 0 N–H and O–H groups in total. The van der Waals surface area contributed by atoms with Crippen LogP contribution in [0.4, 0.5) is 5.69 Å². The van der Waals surface area contributed by atoms with Gasteiger partial charge in [-0.1, -0.05) is 152 Å². The van der Waals surface area contributed by atoms with Crippen LogP contribution in [0.15, 0.2) is 193 Å². The predicted molar refractivity (Wildman–Crippen MR) is 226 cm³/mol. The highest BCUT2D eigenvalue weighted by molar-refractivity contribution is 6.19. The van der Waals surface area contributed by atoms with Gasteiger partial charge >= 0.3 is 0 Å². The molecule has 9 aromatic rings. The van der Waals surface area contributed by atoms with Crippen LogP contribution < -0.4 is 0 Å². The molecule has 0 spiro atoms. The second-order valence-corrected chi connectivity index (χ2v) is 14.6. The zero-order chi connectivity index (χ0) is 36.2. The minimum Gasteiger partial charge on any atom is -0.309 e. The standard InChI is InChI=1S/C51H37N3/c1-51(2)48-44(53-50(51)39-18-10-5-11-19-39)31-30-43-42-20-12-13-21-47(42)54(49(43)48)41-28-26-38(27-29-41)46-33-40(32-45(52-46)37-16-8-4-9-17-37)36-24-22-35(23-25-36)34-14-6-3-7-15-34/h3-33H,1-2H3. The molecular formula is C51H37N3. The van der Waals surface area contributed by atoms with Crippen molar-refractivity contribution in [2.45, 2.75) is 19.3 Å². The van der Waals surface area contributed by atoms with E-state index in [0.717, 1.165) is 56.3 Å². The second kappa shape index (κ2) is 12.7. The van der Waals surface area contributed by atoms with Gasteiger partial charge in [0.1, 0.15) is 0 Å². The zero-order valence-electron chi connectivity index (χ0n) is 30.2. The van der Waals surface area contributed by atoms with Crippen LogP contribution in [-0.2, 0) is 5.41 Å². The van der Waals surface area contributed by atoms with Crippen molar-refractivity contribution in [1.29, 1.82) is 0 Å². The number of pyridine rings is 1. The largest absolute Gasteiger partial charge is 0.309 e. The van der Waals surface area contributed by atoms with E-state index in [1.165, 1.54) is 38.5 Å². The van der Waals surface area contributed by atoms with E-state index in [1.54, 1.807) is 0 Å². The predicted octanol–water partition coefficient (Wildman–Crippen LogP) is 13.3. The van der Waals surface area contributed by atoms with Crippen LogP contribution in [0.1, 0.15) is 25.0 Å². The van der Waals surface area contributed by atoms with Gasteiger partial charge < -0.3 is 4.57 Å². The normalized spacial score (nSPS) is 13.3. The second-order valence-electron chi connectivity index (χ2n) is 14.6. The number of aliphatic imine (C=N–C) groups is 1. The highest BCUT2D eigenvalue weighted by Gasteiger charge is 2.39. The molecule has 2 aromatic heterocycles. The van der Waals surface area contributed by atoms with Crippen molar-refractivity contribution < 1.29 is 0 Å². The maximum atomic E-state index is 5.27. The maximum Gasteiger partial charge on any atom is 0.0715 e. The van der Waals surface area contributed by atoms with Gasteiger partial charge in [-0.3, -0.25) is 4.99 Å². The SMILES string of the molecule is CC1(C)C(c2ccccc2)=Nc2ccc3c4ccccc4n(-c4ccc(-c5cc(-c6ccc(-c7ccccc7)cc6)cc(-c6ccccc6)n5)cc4)c3c21. The third-order valence-corrected chi connectivity index (χ3v) is 11.0. The molecule has 1 aliphatic heterocycles. The molecule has 10 rings (SSSR count).